The summed E-state index contributed by atoms with van der Waals surface area (Å²) < 4.78 is 37.5. The average Bonchev–Trinajstić information content (AvgIpc) is 2.50. The van der Waals surface area contributed by atoms with Gasteiger partial charge in [0, 0.05) is 10.7 Å². The monoisotopic (exact) mass is 375 g/mol. The number of nitrogens with one attached hydrogen (secondary N) is 2. The first-order valence-electron chi connectivity index (χ1n) is 6.62. The second-order valence-corrected chi connectivity index (χ2v) is 5.76. The SMILES string of the molecule is Cc1c(Cl)cc(NC(=S)Nc2ccc(C(F)(F)F)cc2)c(O)c1N. The molecule has 0 aliphatic heterocycles. The third-order valence-corrected chi connectivity index (χ3v) is 3.86. The molecule has 0 unspecified atom stereocenters. The van der Waals surface area contributed by atoms with E-state index in [9.17, 15) is 18.3 Å². The van der Waals surface area contributed by atoms with Crippen molar-refractivity contribution >= 4 is 46.0 Å². The molecule has 0 aromatic heterocycles. The summed E-state index contributed by atoms with van der Waals surface area (Å²) in [7, 11) is 0. The maximum absolute atomic E-state index is 12.5. The number of nitrogens with two attached hydrogens (primary N) is 1. The third-order valence-electron chi connectivity index (χ3n) is 3.26. The van der Waals surface area contributed by atoms with Gasteiger partial charge in [0.25, 0.3) is 0 Å². The Bertz CT molecular complexity index is 779. The van der Waals surface area contributed by atoms with Crippen LogP contribution in [0.2, 0.25) is 5.02 Å². The van der Waals surface area contributed by atoms with Crippen LogP contribution < -0.4 is 16.4 Å². The number of alkyl halides is 3. The quantitative estimate of drug-likeness (QED) is 0.346. The highest BCUT2D eigenvalue weighted by atomic mass is 35.5. The van der Waals surface area contributed by atoms with E-state index in [1.165, 1.54) is 18.2 Å². The van der Waals surface area contributed by atoms with Crippen LogP contribution >= 0.6 is 23.8 Å². The highest BCUT2D eigenvalue weighted by Gasteiger charge is 2.29. The third kappa shape index (κ3) is 4.01. The van der Waals surface area contributed by atoms with Crippen molar-refractivity contribution in [3.05, 3.63) is 46.5 Å². The number of nitrogen functional groups attached to an aromatic ring is 1. The van der Waals surface area contributed by atoms with E-state index < -0.39 is 11.7 Å². The van der Waals surface area contributed by atoms with E-state index in [4.69, 9.17) is 29.6 Å². The minimum absolute atomic E-state index is 0.0596. The number of thiocarbonyl (C=S) groups is 1. The summed E-state index contributed by atoms with van der Waals surface area (Å²) in [5, 5.41) is 15.8. The Morgan fingerprint density at radius 3 is 2.33 bits per heavy atom. The topological polar surface area (TPSA) is 70.3 Å². The predicted octanol–water partition coefficient (Wildman–Crippen LogP) is 4.76. The molecule has 5 N–H and O–H groups in total. The highest BCUT2D eigenvalue weighted by Crippen LogP contribution is 2.37. The molecule has 2 aromatic carbocycles. The van der Waals surface area contributed by atoms with Gasteiger partial charge in [-0.3, -0.25) is 0 Å². The molecular formula is C15H13ClF3N3OS. The van der Waals surface area contributed by atoms with Crippen molar-refractivity contribution in [1.82, 2.24) is 0 Å². The predicted molar refractivity (Wildman–Crippen MR) is 93.6 cm³/mol. The molecule has 24 heavy (non-hydrogen) atoms. The Morgan fingerprint density at radius 2 is 1.79 bits per heavy atom. The molecular weight excluding hydrogens is 363 g/mol. The summed E-state index contributed by atoms with van der Waals surface area (Å²) in [4.78, 5) is 0. The average molecular weight is 376 g/mol. The van der Waals surface area contributed by atoms with E-state index in [2.05, 4.69) is 10.6 Å². The number of hydrogen-bond donors (Lipinski definition) is 4. The molecule has 0 saturated heterocycles. The Labute approximate surface area is 146 Å². The van der Waals surface area contributed by atoms with Crippen molar-refractivity contribution in [2.75, 3.05) is 16.4 Å². The van der Waals surface area contributed by atoms with E-state index in [-0.39, 0.29) is 22.2 Å². The van der Waals surface area contributed by atoms with Gasteiger partial charge in [-0.2, -0.15) is 13.2 Å². The maximum atomic E-state index is 12.5. The van der Waals surface area contributed by atoms with Crippen molar-refractivity contribution in [2.24, 2.45) is 0 Å². The van der Waals surface area contributed by atoms with Crippen LogP contribution in [0.25, 0.3) is 0 Å². The number of phenolic OH excluding ortho intramolecular Hbond substituents is 1. The molecule has 0 aliphatic carbocycles. The summed E-state index contributed by atoms with van der Waals surface area (Å²) in [6.07, 6.45) is -4.40. The standard InChI is InChI=1S/C15H13ClF3N3OS/c1-7-10(16)6-11(13(23)12(7)20)22-14(24)21-9-4-2-8(3-5-9)15(17,18)19/h2-6,23H,20H2,1H3,(H2,21,22,24). The van der Waals surface area contributed by atoms with Crippen LogP contribution in [0.15, 0.2) is 30.3 Å². The van der Waals surface area contributed by atoms with Crippen LogP contribution in [0.1, 0.15) is 11.1 Å². The van der Waals surface area contributed by atoms with Gasteiger partial charge >= 0.3 is 6.18 Å². The van der Waals surface area contributed by atoms with Gasteiger partial charge in [0.05, 0.1) is 16.9 Å². The van der Waals surface area contributed by atoms with E-state index in [0.717, 1.165) is 12.1 Å². The second kappa shape index (κ2) is 6.74. The van der Waals surface area contributed by atoms with Crippen LogP contribution in [-0.4, -0.2) is 10.2 Å². The lowest BCUT2D eigenvalue weighted by molar-refractivity contribution is -0.137. The largest absolute Gasteiger partial charge is 0.504 e. The summed E-state index contributed by atoms with van der Waals surface area (Å²) in [5.74, 6) is -0.214. The summed E-state index contributed by atoms with van der Waals surface area (Å²) in [6.45, 7) is 1.65. The molecule has 0 aliphatic rings. The number of anilines is 3. The summed E-state index contributed by atoms with van der Waals surface area (Å²) >= 11 is 11.1. The lowest BCUT2D eigenvalue weighted by Crippen LogP contribution is -2.19. The van der Waals surface area contributed by atoms with Gasteiger partial charge < -0.3 is 21.5 Å². The second-order valence-electron chi connectivity index (χ2n) is 4.95. The number of halogens is 4. The Balaban J connectivity index is 2.12. The van der Waals surface area contributed by atoms with Gasteiger partial charge in [0.2, 0.25) is 0 Å². The van der Waals surface area contributed by atoms with Crippen molar-refractivity contribution in [3.8, 4) is 5.75 Å². The van der Waals surface area contributed by atoms with Crippen LogP contribution in [-0.2, 0) is 6.18 Å². The van der Waals surface area contributed by atoms with E-state index in [1.54, 1.807) is 6.92 Å². The Hall–Kier alpha value is -2.19. The summed E-state index contributed by atoms with van der Waals surface area (Å²) in [6, 6.07) is 5.80. The molecule has 0 atom stereocenters. The fourth-order valence-electron chi connectivity index (χ4n) is 1.88. The smallest absolute Gasteiger partial charge is 0.416 e. The number of benzene rings is 2. The van der Waals surface area contributed by atoms with Crippen molar-refractivity contribution < 1.29 is 18.3 Å². The van der Waals surface area contributed by atoms with Gasteiger partial charge in [0.15, 0.2) is 10.9 Å². The number of aromatic hydroxyl groups is 1. The minimum atomic E-state index is -4.40. The molecule has 0 bridgehead atoms. The van der Waals surface area contributed by atoms with Crippen molar-refractivity contribution in [3.63, 3.8) is 0 Å². The van der Waals surface area contributed by atoms with Crippen LogP contribution in [0.5, 0.6) is 5.75 Å². The number of hydrogen-bond acceptors (Lipinski definition) is 3. The van der Waals surface area contributed by atoms with Crippen molar-refractivity contribution in [2.45, 2.75) is 13.1 Å². The minimum Gasteiger partial charge on any atom is -0.504 e. The van der Waals surface area contributed by atoms with Gasteiger partial charge in [-0.15, -0.1) is 0 Å². The molecule has 2 rings (SSSR count). The summed E-state index contributed by atoms with van der Waals surface area (Å²) in [5.41, 5.74) is 6.15. The van der Waals surface area contributed by atoms with Gasteiger partial charge in [0.1, 0.15) is 0 Å². The fourth-order valence-corrected chi connectivity index (χ4v) is 2.32. The lowest BCUT2D eigenvalue weighted by atomic mass is 10.1. The number of rotatable bonds is 2. The zero-order valence-electron chi connectivity index (χ0n) is 12.3. The molecule has 2 aromatic rings. The first-order valence-corrected chi connectivity index (χ1v) is 7.41. The highest BCUT2D eigenvalue weighted by molar-refractivity contribution is 7.80. The van der Waals surface area contributed by atoms with Crippen LogP contribution in [0.4, 0.5) is 30.2 Å². The van der Waals surface area contributed by atoms with Gasteiger partial charge in [-0.25, -0.2) is 0 Å². The van der Waals surface area contributed by atoms with E-state index in [0.29, 0.717) is 16.3 Å². The Morgan fingerprint density at radius 1 is 1.21 bits per heavy atom. The molecule has 0 heterocycles. The van der Waals surface area contributed by atoms with Crippen LogP contribution in [0, 0.1) is 6.92 Å². The molecule has 9 heteroatoms. The van der Waals surface area contributed by atoms with Crippen molar-refractivity contribution in [1.29, 1.82) is 0 Å². The molecule has 0 amide bonds. The molecule has 0 fully saturated rings. The Kier molecular flexibility index (Phi) is 5.10. The first-order chi connectivity index (χ1) is 11.1. The molecule has 4 nitrogen and oxygen atoms in total. The van der Waals surface area contributed by atoms with E-state index in [1.807, 2.05) is 0 Å². The normalized spacial score (nSPS) is 11.2. The zero-order chi connectivity index (χ0) is 18.1. The van der Waals surface area contributed by atoms with Gasteiger partial charge in [-0.1, -0.05) is 11.6 Å². The molecule has 0 radical (unpaired) electrons. The first kappa shape index (κ1) is 18.2. The van der Waals surface area contributed by atoms with E-state index >= 15 is 0 Å². The fraction of sp³-hybridized carbons (Fsp3) is 0.133. The molecule has 0 spiro atoms. The zero-order valence-corrected chi connectivity index (χ0v) is 13.9. The maximum Gasteiger partial charge on any atom is 0.416 e. The van der Waals surface area contributed by atoms with Crippen LogP contribution in [0.3, 0.4) is 0 Å². The lowest BCUT2D eigenvalue weighted by Gasteiger charge is -2.15. The molecule has 0 saturated carbocycles. The molecule has 128 valence electrons. The number of phenols is 1. The van der Waals surface area contributed by atoms with Gasteiger partial charge in [-0.05, 0) is 55.0 Å².